The number of allylic oxidation sites excluding steroid dienone is 9. The van der Waals surface area contributed by atoms with Gasteiger partial charge in [-0.1, -0.05) is 58.7 Å². The van der Waals surface area contributed by atoms with Gasteiger partial charge in [0.15, 0.2) is 0 Å². The smallest absolute Gasteiger partial charge is 0.0614 e. The molecule has 24 heavy (non-hydrogen) atoms. The zero-order valence-electron chi connectivity index (χ0n) is 16.6. The molecule has 0 aromatic carbocycles. The van der Waals surface area contributed by atoms with Crippen LogP contribution in [0.3, 0.4) is 0 Å². The molecule has 0 aliphatic heterocycles. The molecule has 0 atom stereocenters. The molecule has 0 fully saturated rings. The Morgan fingerprint density at radius 3 is 1.50 bits per heavy atom. The van der Waals surface area contributed by atoms with Crippen LogP contribution in [0.4, 0.5) is 0 Å². The third-order valence-corrected chi connectivity index (χ3v) is 4.21. The van der Waals surface area contributed by atoms with Crippen LogP contribution >= 0.6 is 0 Å². The lowest BCUT2D eigenvalue weighted by atomic mass is 10.0. The summed E-state index contributed by atoms with van der Waals surface area (Å²) in [7, 11) is 0. The van der Waals surface area contributed by atoms with E-state index in [0.29, 0.717) is 0 Å². The highest BCUT2D eigenvalue weighted by atomic mass is 16.2. The molecule has 0 aromatic heterocycles. The van der Waals surface area contributed by atoms with E-state index in [1.54, 1.807) is 0 Å². The molecular formula is C23H38O. The van der Waals surface area contributed by atoms with E-state index in [-0.39, 0.29) is 6.61 Å². The molecule has 0 spiro atoms. The summed E-state index contributed by atoms with van der Waals surface area (Å²) in [6.07, 6.45) is 21.1. The summed E-state index contributed by atoms with van der Waals surface area (Å²) < 4.78 is 0. The molecule has 1 nitrogen and oxygen atoms in total. The van der Waals surface area contributed by atoms with Crippen molar-refractivity contribution in [2.75, 3.05) is 6.61 Å². The van der Waals surface area contributed by atoms with Gasteiger partial charge in [0, 0.05) is 0 Å². The van der Waals surface area contributed by atoms with Gasteiger partial charge in [-0.15, -0.1) is 0 Å². The minimum absolute atomic E-state index is 0.155. The Hall–Kier alpha value is -1.34. The Morgan fingerprint density at radius 2 is 1.08 bits per heavy atom. The fourth-order valence-corrected chi connectivity index (χ4v) is 2.49. The zero-order valence-corrected chi connectivity index (χ0v) is 16.6. The van der Waals surface area contributed by atoms with E-state index in [1.165, 1.54) is 28.7 Å². The quantitative estimate of drug-likeness (QED) is 0.379. The Labute approximate surface area is 150 Å². The minimum atomic E-state index is 0.155. The van der Waals surface area contributed by atoms with Gasteiger partial charge in [0.05, 0.1) is 6.61 Å². The fourth-order valence-electron chi connectivity index (χ4n) is 2.49. The fraction of sp³-hybridized carbons (Fsp3) is 0.565. The topological polar surface area (TPSA) is 20.2 Å². The van der Waals surface area contributed by atoms with Crippen LogP contribution in [0.1, 0.15) is 79.6 Å². The van der Waals surface area contributed by atoms with E-state index in [1.807, 2.05) is 6.08 Å². The second kappa shape index (κ2) is 15.2. The van der Waals surface area contributed by atoms with E-state index >= 15 is 0 Å². The van der Waals surface area contributed by atoms with Crippen LogP contribution < -0.4 is 0 Å². The predicted octanol–water partition coefficient (Wildman–Crippen LogP) is 7.07. The molecule has 1 N–H and O–H groups in total. The average Bonchev–Trinajstić information content (AvgIpc) is 2.53. The maximum atomic E-state index is 8.84. The maximum Gasteiger partial charge on any atom is 0.0614 e. The van der Waals surface area contributed by atoms with Crippen LogP contribution in [-0.2, 0) is 0 Å². The molecular weight excluding hydrogens is 292 g/mol. The standard InChI is InChI=1S/C23H38O/c1-6-7-11-20(2)12-8-13-21(3)14-9-15-22(4)16-10-17-23(5)18-19-24/h6-7,12,14,16,18,24H,8-11,13,15,17,19H2,1-5H3. The summed E-state index contributed by atoms with van der Waals surface area (Å²) in [5.74, 6) is 0. The molecule has 0 aliphatic rings. The van der Waals surface area contributed by atoms with Crippen LogP contribution in [0.15, 0.2) is 58.7 Å². The highest BCUT2D eigenvalue weighted by molar-refractivity contribution is 5.08. The van der Waals surface area contributed by atoms with Gasteiger partial charge in [-0.25, -0.2) is 0 Å². The predicted molar refractivity (Wildman–Crippen MR) is 109 cm³/mol. The van der Waals surface area contributed by atoms with Gasteiger partial charge >= 0.3 is 0 Å². The number of aliphatic hydroxyl groups is 1. The van der Waals surface area contributed by atoms with Crippen molar-refractivity contribution < 1.29 is 5.11 Å². The summed E-state index contributed by atoms with van der Waals surface area (Å²) in [5, 5.41) is 8.84. The Morgan fingerprint density at radius 1 is 0.667 bits per heavy atom. The van der Waals surface area contributed by atoms with Crippen LogP contribution in [-0.4, -0.2) is 11.7 Å². The molecule has 0 amide bonds. The van der Waals surface area contributed by atoms with Gasteiger partial charge in [-0.05, 0) is 79.6 Å². The summed E-state index contributed by atoms with van der Waals surface area (Å²) in [5.41, 5.74) is 5.71. The first-order valence-electron chi connectivity index (χ1n) is 9.34. The molecule has 0 aliphatic carbocycles. The van der Waals surface area contributed by atoms with Crippen molar-refractivity contribution in [2.24, 2.45) is 0 Å². The first kappa shape index (κ1) is 22.7. The third kappa shape index (κ3) is 14.3. The lowest BCUT2D eigenvalue weighted by Gasteiger charge is -2.03. The molecule has 0 radical (unpaired) electrons. The lowest BCUT2D eigenvalue weighted by Crippen LogP contribution is -1.83. The molecule has 136 valence electrons. The summed E-state index contributed by atoms with van der Waals surface area (Å²) >= 11 is 0. The molecule has 0 aromatic rings. The van der Waals surface area contributed by atoms with Gasteiger partial charge < -0.3 is 5.11 Å². The summed E-state index contributed by atoms with van der Waals surface area (Å²) in [6.45, 7) is 11.0. The molecule has 0 bridgehead atoms. The number of rotatable bonds is 12. The largest absolute Gasteiger partial charge is 0.392 e. The number of aliphatic hydroxyl groups excluding tert-OH is 1. The van der Waals surface area contributed by atoms with Crippen molar-refractivity contribution in [3.63, 3.8) is 0 Å². The Bertz CT molecular complexity index is 472. The van der Waals surface area contributed by atoms with Gasteiger partial charge in [0.2, 0.25) is 0 Å². The van der Waals surface area contributed by atoms with Gasteiger partial charge in [0.25, 0.3) is 0 Å². The first-order chi connectivity index (χ1) is 11.5. The molecule has 0 unspecified atom stereocenters. The van der Waals surface area contributed by atoms with Crippen LogP contribution in [0.2, 0.25) is 0 Å². The second-order valence-electron chi connectivity index (χ2n) is 6.77. The first-order valence-corrected chi connectivity index (χ1v) is 9.34. The van der Waals surface area contributed by atoms with Gasteiger partial charge in [0.1, 0.15) is 0 Å². The van der Waals surface area contributed by atoms with Gasteiger partial charge in [-0.2, -0.15) is 0 Å². The Balaban J connectivity index is 4.01. The SMILES string of the molecule is CC=CCC(C)=CCCC(C)=CCCC(C)=CCCC(C)=CCO. The lowest BCUT2D eigenvalue weighted by molar-refractivity contribution is 0.341. The molecule has 1 heteroatoms. The van der Waals surface area contributed by atoms with Gasteiger partial charge in [-0.3, -0.25) is 0 Å². The van der Waals surface area contributed by atoms with Crippen molar-refractivity contribution in [2.45, 2.75) is 79.6 Å². The summed E-state index contributed by atoms with van der Waals surface area (Å²) in [6, 6.07) is 0. The average molecular weight is 331 g/mol. The van der Waals surface area contributed by atoms with Crippen molar-refractivity contribution in [3.8, 4) is 0 Å². The van der Waals surface area contributed by atoms with E-state index in [2.05, 4.69) is 65.0 Å². The van der Waals surface area contributed by atoms with Crippen molar-refractivity contribution in [1.29, 1.82) is 0 Å². The van der Waals surface area contributed by atoms with Crippen molar-refractivity contribution >= 4 is 0 Å². The van der Waals surface area contributed by atoms with Crippen LogP contribution in [0.25, 0.3) is 0 Å². The second-order valence-corrected chi connectivity index (χ2v) is 6.77. The number of hydrogen-bond acceptors (Lipinski definition) is 1. The minimum Gasteiger partial charge on any atom is -0.392 e. The zero-order chi connectivity index (χ0) is 18.2. The van der Waals surface area contributed by atoms with E-state index < -0.39 is 0 Å². The summed E-state index contributed by atoms with van der Waals surface area (Å²) in [4.78, 5) is 0. The Kier molecular flexibility index (Phi) is 14.4. The molecule has 0 rings (SSSR count). The molecule has 0 heterocycles. The van der Waals surface area contributed by atoms with Crippen molar-refractivity contribution in [3.05, 3.63) is 58.7 Å². The molecule has 0 saturated heterocycles. The van der Waals surface area contributed by atoms with Crippen molar-refractivity contribution in [1.82, 2.24) is 0 Å². The number of hydrogen-bond donors (Lipinski definition) is 1. The van der Waals surface area contributed by atoms with E-state index in [0.717, 1.165) is 38.5 Å². The highest BCUT2D eigenvalue weighted by Gasteiger charge is 1.93. The van der Waals surface area contributed by atoms with Crippen LogP contribution in [0, 0.1) is 0 Å². The maximum absolute atomic E-state index is 8.84. The van der Waals surface area contributed by atoms with E-state index in [4.69, 9.17) is 5.11 Å². The van der Waals surface area contributed by atoms with Crippen LogP contribution in [0.5, 0.6) is 0 Å². The highest BCUT2D eigenvalue weighted by Crippen LogP contribution is 2.14. The third-order valence-electron chi connectivity index (χ3n) is 4.21. The molecule has 0 saturated carbocycles. The normalized spacial score (nSPS) is 14.8. The monoisotopic (exact) mass is 330 g/mol. The van der Waals surface area contributed by atoms with E-state index in [9.17, 15) is 0 Å².